The van der Waals surface area contributed by atoms with E-state index in [9.17, 15) is 8.42 Å². The first-order valence-electron chi connectivity index (χ1n) is 10.7. The van der Waals surface area contributed by atoms with Crippen LogP contribution in [-0.4, -0.2) is 25.0 Å². The van der Waals surface area contributed by atoms with Gasteiger partial charge in [-0.1, -0.05) is 48.5 Å². The molecule has 6 nitrogen and oxygen atoms in total. The van der Waals surface area contributed by atoms with Gasteiger partial charge >= 0.3 is 0 Å². The van der Waals surface area contributed by atoms with E-state index in [0.29, 0.717) is 18.7 Å². The van der Waals surface area contributed by atoms with E-state index in [4.69, 9.17) is 4.74 Å². The first kappa shape index (κ1) is 22.6. The molecule has 0 aliphatic carbocycles. The molecule has 0 aliphatic heterocycles. The number of nitrogens with one attached hydrogen (secondary N) is 1. The van der Waals surface area contributed by atoms with Crippen LogP contribution in [0.4, 0.5) is 0 Å². The zero-order chi connectivity index (χ0) is 23.1. The summed E-state index contributed by atoms with van der Waals surface area (Å²) in [6.07, 6.45) is 3.57. The Kier molecular flexibility index (Phi) is 7.12. The van der Waals surface area contributed by atoms with Crippen molar-refractivity contribution in [2.45, 2.75) is 24.4 Å². The average molecular weight is 460 g/mol. The first-order chi connectivity index (χ1) is 16.0. The summed E-state index contributed by atoms with van der Waals surface area (Å²) in [4.78, 5) is 8.37. The van der Waals surface area contributed by atoms with Crippen molar-refractivity contribution >= 4 is 10.0 Å². The minimum atomic E-state index is -3.80. The number of hydrogen-bond donors (Lipinski definition) is 1. The van der Waals surface area contributed by atoms with Crippen LogP contribution in [0.5, 0.6) is 5.75 Å². The van der Waals surface area contributed by atoms with E-state index in [2.05, 4.69) is 14.7 Å². The van der Waals surface area contributed by atoms with Gasteiger partial charge in [-0.05, 0) is 66.4 Å². The summed E-state index contributed by atoms with van der Waals surface area (Å²) >= 11 is 0. The number of rotatable bonds is 9. The summed E-state index contributed by atoms with van der Waals surface area (Å²) in [5.74, 6) is 0.832. The van der Waals surface area contributed by atoms with Crippen LogP contribution < -0.4 is 9.46 Å². The smallest absolute Gasteiger partial charge is 0.258 e. The lowest BCUT2D eigenvalue weighted by molar-refractivity contribution is 0.340. The van der Waals surface area contributed by atoms with E-state index < -0.39 is 16.1 Å². The molecule has 7 heteroatoms. The standard InChI is InChI=1S/C26H25N3O3S/c1-2-32-23-9-7-8-22(19-23)21-14-12-20(13-15-21)18-25(24-10-3-5-16-27-24)29-33(30,31)26-11-4-6-17-28-26/h3-17,19,25,29H,2,18H2,1H3. The third-order valence-corrected chi connectivity index (χ3v) is 6.51. The molecule has 2 aromatic heterocycles. The molecule has 0 fully saturated rings. The van der Waals surface area contributed by atoms with Crippen molar-refractivity contribution < 1.29 is 13.2 Å². The Balaban J connectivity index is 1.57. The maximum absolute atomic E-state index is 12.9. The molecule has 33 heavy (non-hydrogen) atoms. The topological polar surface area (TPSA) is 81.2 Å². The number of ether oxygens (including phenoxy) is 1. The molecule has 2 heterocycles. The van der Waals surface area contributed by atoms with Gasteiger partial charge in [0, 0.05) is 12.4 Å². The molecule has 0 saturated heterocycles. The summed E-state index contributed by atoms with van der Waals surface area (Å²) in [6.45, 7) is 2.58. The molecule has 0 radical (unpaired) electrons. The second-order valence-electron chi connectivity index (χ2n) is 7.46. The minimum absolute atomic E-state index is 0.0181. The van der Waals surface area contributed by atoms with Crippen LogP contribution >= 0.6 is 0 Å². The van der Waals surface area contributed by atoms with E-state index in [1.165, 1.54) is 12.3 Å². The van der Waals surface area contributed by atoms with Gasteiger partial charge in [0.05, 0.1) is 18.3 Å². The third-order valence-electron chi connectivity index (χ3n) is 5.13. The van der Waals surface area contributed by atoms with E-state index in [1.54, 1.807) is 24.4 Å². The Labute approximate surface area is 194 Å². The molecule has 0 aliphatic rings. The Morgan fingerprint density at radius 2 is 1.61 bits per heavy atom. The maximum Gasteiger partial charge on any atom is 0.258 e. The lowest BCUT2D eigenvalue weighted by Gasteiger charge is -2.18. The summed E-state index contributed by atoms with van der Waals surface area (Å²) in [5, 5.41) is -0.0181. The zero-order valence-electron chi connectivity index (χ0n) is 18.3. The van der Waals surface area contributed by atoms with Gasteiger partial charge in [-0.3, -0.25) is 4.98 Å². The van der Waals surface area contributed by atoms with E-state index in [0.717, 1.165) is 22.4 Å². The van der Waals surface area contributed by atoms with Crippen LogP contribution in [0.25, 0.3) is 11.1 Å². The molecule has 4 aromatic rings. The highest BCUT2D eigenvalue weighted by Gasteiger charge is 2.23. The Morgan fingerprint density at radius 3 is 2.27 bits per heavy atom. The fourth-order valence-electron chi connectivity index (χ4n) is 3.54. The number of nitrogens with zero attached hydrogens (tertiary/aromatic N) is 2. The fraction of sp³-hybridized carbons (Fsp3) is 0.154. The normalized spacial score (nSPS) is 12.3. The molecule has 1 unspecified atom stereocenters. The summed E-state index contributed by atoms with van der Waals surface area (Å²) in [5.41, 5.74) is 3.75. The lowest BCUT2D eigenvalue weighted by atomic mass is 9.99. The molecular weight excluding hydrogens is 434 g/mol. The highest BCUT2D eigenvalue weighted by Crippen LogP contribution is 2.26. The van der Waals surface area contributed by atoms with Crippen molar-refractivity contribution in [1.29, 1.82) is 0 Å². The van der Waals surface area contributed by atoms with E-state index >= 15 is 0 Å². The van der Waals surface area contributed by atoms with Crippen LogP contribution in [0.15, 0.2) is 102 Å². The molecule has 1 N–H and O–H groups in total. The van der Waals surface area contributed by atoms with Gasteiger partial charge in [0.15, 0.2) is 5.03 Å². The molecular formula is C26H25N3O3S. The Morgan fingerprint density at radius 1 is 0.848 bits per heavy atom. The van der Waals surface area contributed by atoms with Crippen LogP contribution in [0.3, 0.4) is 0 Å². The van der Waals surface area contributed by atoms with Gasteiger partial charge in [-0.2, -0.15) is 0 Å². The number of sulfonamides is 1. The Hall–Kier alpha value is -3.55. The van der Waals surface area contributed by atoms with Crippen molar-refractivity contribution in [1.82, 2.24) is 14.7 Å². The van der Waals surface area contributed by atoms with Crippen molar-refractivity contribution in [3.05, 3.63) is 109 Å². The first-order valence-corrected chi connectivity index (χ1v) is 12.2. The van der Waals surface area contributed by atoms with Crippen molar-refractivity contribution in [3.8, 4) is 16.9 Å². The SMILES string of the molecule is CCOc1cccc(-c2ccc(CC(NS(=O)(=O)c3ccccn3)c3ccccn3)cc2)c1. The van der Waals surface area contributed by atoms with Gasteiger partial charge in [0.1, 0.15) is 5.75 Å². The van der Waals surface area contributed by atoms with Gasteiger partial charge in [-0.25, -0.2) is 18.1 Å². The molecule has 0 amide bonds. The van der Waals surface area contributed by atoms with Crippen molar-refractivity contribution in [3.63, 3.8) is 0 Å². The molecule has 2 aromatic carbocycles. The average Bonchev–Trinajstić information content (AvgIpc) is 2.85. The van der Waals surface area contributed by atoms with E-state index in [-0.39, 0.29) is 5.03 Å². The second-order valence-corrected chi connectivity index (χ2v) is 9.12. The summed E-state index contributed by atoms with van der Waals surface area (Å²) in [7, 11) is -3.80. The molecule has 4 rings (SSSR count). The van der Waals surface area contributed by atoms with Crippen molar-refractivity contribution in [2.24, 2.45) is 0 Å². The second kappa shape index (κ2) is 10.4. The lowest BCUT2D eigenvalue weighted by Crippen LogP contribution is -2.31. The fourth-order valence-corrected chi connectivity index (χ4v) is 4.70. The molecule has 168 valence electrons. The van der Waals surface area contributed by atoms with E-state index in [1.807, 2.05) is 67.6 Å². The highest BCUT2D eigenvalue weighted by molar-refractivity contribution is 7.89. The van der Waals surface area contributed by atoms with Crippen molar-refractivity contribution in [2.75, 3.05) is 6.61 Å². The maximum atomic E-state index is 12.9. The third kappa shape index (κ3) is 5.83. The predicted molar refractivity (Wildman–Crippen MR) is 128 cm³/mol. The molecule has 0 saturated carbocycles. The zero-order valence-corrected chi connectivity index (χ0v) is 19.1. The van der Waals surface area contributed by atoms with Gasteiger partial charge in [0.25, 0.3) is 10.0 Å². The molecule has 1 atom stereocenters. The number of benzene rings is 2. The van der Waals surface area contributed by atoms with Crippen LogP contribution in [0.1, 0.15) is 24.2 Å². The quantitative estimate of drug-likeness (QED) is 0.389. The number of pyridine rings is 2. The highest BCUT2D eigenvalue weighted by atomic mass is 32.2. The van der Waals surface area contributed by atoms with Gasteiger partial charge in [-0.15, -0.1) is 0 Å². The monoisotopic (exact) mass is 459 g/mol. The van der Waals surface area contributed by atoms with Gasteiger partial charge in [0.2, 0.25) is 0 Å². The predicted octanol–water partition coefficient (Wildman–Crippen LogP) is 4.80. The van der Waals surface area contributed by atoms with Gasteiger partial charge < -0.3 is 4.74 Å². The number of aromatic nitrogens is 2. The number of hydrogen-bond acceptors (Lipinski definition) is 5. The van der Waals surface area contributed by atoms with Crippen LogP contribution in [0, 0.1) is 0 Å². The minimum Gasteiger partial charge on any atom is -0.494 e. The summed E-state index contributed by atoms with van der Waals surface area (Å²) < 4.78 is 34.2. The molecule has 0 bridgehead atoms. The van der Waals surface area contributed by atoms with Crippen LogP contribution in [-0.2, 0) is 16.4 Å². The molecule has 0 spiro atoms. The van der Waals surface area contributed by atoms with Crippen LogP contribution in [0.2, 0.25) is 0 Å². The Bertz CT molecular complexity index is 1280. The largest absolute Gasteiger partial charge is 0.494 e. The summed E-state index contributed by atoms with van der Waals surface area (Å²) in [6, 6.07) is 25.8.